The maximum absolute atomic E-state index is 6.24. The molecule has 0 spiro atoms. The molecule has 0 aliphatic rings. The lowest BCUT2D eigenvalue weighted by Gasteiger charge is -2.29. The van der Waals surface area contributed by atoms with E-state index in [2.05, 4.69) is 32.9 Å². The molecule has 0 bridgehead atoms. The highest BCUT2D eigenvalue weighted by molar-refractivity contribution is 6.31. The van der Waals surface area contributed by atoms with Crippen LogP contribution < -0.4 is 5.73 Å². The van der Waals surface area contributed by atoms with Crippen molar-refractivity contribution in [3.63, 3.8) is 0 Å². The van der Waals surface area contributed by atoms with Gasteiger partial charge in [-0.05, 0) is 43.4 Å². The summed E-state index contributed by atoms with van der Waals surface area (Å²) < 4.78 is 0. The van der Waals surface area contributed by atoms with Gasteiger partial charge in [-0.3, -0.25) is 0 Å². The van der Waals surface area contributed by atoms with E-state index in [0.29, 0.717) is 5.92 Å². The van der Waals surface area contributed by atoms with Crippen LogP contribution in [0, 0.1) is 12.8 Å². The van der Waals surface area contributed by atoms with Crippen molar-refractivity contribution in [2.24, 2.45) is 11.7 Å². The molecule has 1 aromatic carbocycles. The molecule has 0 fully saturated rings. The van der Waals surface area contributed by atoms with Crippen molar-refractivity contribution in [1.82, 2.24) is 0 Å². The Morgan fingerprint density at radius 3 is 2.47 bits per heavy atom. The zero-order valence-corrected chi connectivity index (χ0v) is 10.7. The summed E-state index contributed by atoms with van der Waals surface area (Å²) in [4.78, 5) is 0. The lowest BCUT2D eigenvalue weighted by Crippen LogP contribution is -2.43. The highest BCUT2D eigenvalue weighted by atomic mass is 35.5. The smallest absolute Gasteiger partial charge is 0.0441 e. The molecular weight excluding hydrogens is 206 g/mol. The van der Waals surface area contributed by atoms with Gasteiger partial charge in [0, 0.05) is 10.6 Å². The van der Waals surface area contributed by atoms with E-state index in [1.165, 1.54) is 5.56 Å². The minimum Gasteiger partial charge on any atom is -0.325 e. The minimum atomic E-state index is -0.196. The molecule has 0 aliphatic carbocycles. The van der Waals surface area contributed by atoms with E-state index in [9.17, 15) is 0 Å². The molecule has 0 saturated carbocycles. The summed E-state index contributed by atoms with van der Waals surface area (Å²) in [5.41, 5.74) is 8.37. The first-order valence-electron chi connectivity index (χ1n) is 5.37. The molecule has 2 heteroatoms. The second-order valence-corrected chi connectivity index (χ2v) is 5.34. The van der Waals surface area contributed by atoms with Crippen LogP contribution in [0.1, 0.15) is 31.9 Å². The van der Waals surface area contributed by atoms with Crippen molar-refractivity contribution >= 4 is 11.6 Å². The highest BCUT2D eigenvalue weighted by Crippen LogP contribution is 2.25. The monoisotopic (exact) mass is 225 g/mol. The molecule has 0 amide bonds. The third-order valence-electron chi connectivity index (χ3n) is 3.10. The number of hydrogen-bond acceptors (Lipinski definition) is 1. The zero-order valence-electron chi connectivity index (χ0n) is 9.97. The standard InChI is InChI=1S/C13H20ClN/c1-9(2)13(4,15)8-11-6-5-10(3)7-12(11)14/h5-7,9H,8,15H2,1-4H3. The number of nitrogens with two attached hydrogens (primary N) is 1. The van der Waals surface area contributed by atoms with Crippen LogP contribution in [0.5, 0.6) is 0 Å². The quantitative estimate of drug-likeness (QED) is 0.837. The number of benzene rings is 1. The fraction of sp³-hybridized carbons (Fsp3) is 0.538. The SMILES string of the molecule is Cc1ccc(CC(C)(N)C(C)C)c(Cl)c1. The maximum Gasteiger partial charge on any atom is 0.0441 e. The largest absolute Gasteiger partial charge is 0.325 e. The number of halogens is 1. The third-order valence-corrected chi connectivity index (χ3v) is 3.45. The van der Waals surface area contributed by atoms with Crippen LogP contribution in [0.4, 0.5) is 0 Å². The molecule has 0 aliphatic heterocycles. The molecule has 0 saturated heterocycles. The Morgan fingerprint density at radius 2 is 2.00 bits per heavy atom. The lowest BCUT2D eigenvalue weighted by molar-refractivity contribution is 0.338. The van der Waals surface area contributed by atoms with E-state index in [-0.39, 0.29) is 5.54 Å². The van der Waals surface area contributed by atoms with E-state index >= 15 is 0 Å². The van der Waals surface area contributed by atoms with E-state index in [1.807, 2.05) is 13.0 Å². The summed E-state index contributed by atoms with van der Waals surface area (Å²) in [6.45, 7) is 8.40. The molecule has 84 valence electrons. The average Bonchev–Trinajstić information content (AvgIpc) is 2.09. The first kappa shape index (κ1) is 12.5. The van der Waals surface area contributed by atoms with Crippen LogP contribution in [0.25, 0.3) is 0 Å². The minimum absolute atomic E-state index is 0.196. The average molecular weight is 226 g/mol. The lowest BCUT2D eigenvalue weighted by atomic mass is 9.83. The van der Waals surface area contributed by atoms with Gasteiger partial charge < -0.3 is 5.73 Å². The van der Waals surface area contributed by atoms with Crippen molar-refractivity contribution in [1.29, 1.82) is 0 Å². The molecule has 1 unspecified atom stereocenters. The topological polar surface area (TPSA) is 26.0 Å². The molecule has 1 aromatic rings. The molecular formula is C13H20ClN. The predicted molar refractivity (Wildman–Crippen MR) is 67.3 cm³/mol. The first-order valence-corrected chi connectivity index (χ1v) is 5.74. The molecule has 1 nitrogen and oxygen atoms in total. The van der Waals surface area contributed by atoms with Gasteiger partial charge in [-0.2, -0.15) is 0 Å². The summed E-state index contributed by atoms with van der Waals surface area (Å²) in [6.07, 6.45) is 0.823. The second-order valence-electron chi connectivity index (χ2n) is 4.93. The first-order chi connectivity index (χ1) is 6.83. The Morgan fingerprint density at radius 1 is 1.40 bits per heavy atom. The number of rotatable bonds is 3. The summed E-state index contributed by atoms with van der Waals surface area (Å²) in [5, 5.41) is 0.826. The van der Waals surface area contributed by atoms with Crippen LogP contribution in [0.2, 0.25) is 5.02 Å². The molecule has 2 N–H and O–H groups in total. The van der Waals surface area contributed by atoms with E-state index in [0.717, 1.165) is 17.0 Å². The van der Waals surface area contributed by atoms with Crippen LogP contribution in [-0.2, 0) is 6.42 Å². The fourth-order valence-electron chi connectivity index (χ4n) is 1.41. The third kappa shape index (κ3) is 3.22. The van der Waals surface area contributed by atoms with Gasteiger partial charge in [0.05, 0.1) is 0 Å². The van der Waals surface area contributed by atoms with Gasteiger partial charge in [-0.1, -0.05) is 37.6 Å². The van der Waals surface area contributed by atoms with Gasteiger partial charge in [0.1, 0.15) is 0 Å². The Balaban J connectivity index is 2.90. The molecule has 1 rings (SSSR count). The Hall–Kier alpha value is -0.530. The summed E-state index contributed by atoms with van der Waals surface area (Å²) in [6, 6.07) is 6.15. The Labute approximate surface area is 97.6 Å². The summed E-state index contributed by atoms with van der Waals surface area (Å²) in [7, 11) is 0. The van der Waals surface area contributed by atoms with Gasteiger partial charge in [-0.15, -0.1) is 0 Å². The predicted octanol–water partition coefficient (Wildman–Crippen LogP) is 3.56. The van der Waals surface area contributed by atoms with Gasteiger partial charge in [-0.25, -0.2) is 0 Å². The van der Waals surface area contributed by atoms with Crippen LogP contribution in [0.15, 0.2) is 18.2 Å². The maximum atomic E-state index is 6.24. The highest BCUT2D eigenvalue weighted by Gasteiger charge is 2.24. The Bertz CT molecular complexity index is 342. The van der Waals surface area contributed by atoms with Gasteiger partial charge in [0.25, 0.3) is 0 Å². The summed E-state index contributed by atoms with van der Waals surface area (Å²) in [5.74, 6) is 0.440. The van der Waals surface area contributed by atoms with Crippen molar-refractivity contribution in [3.05, 3.63) is 34.3 Å². The molecule has 15 heavy (non-hydrogen) atoms. The van der Waals surface area contributed by atoms with E-state index in [4.69, 9.17) is 17.3 Å². The van der Waals surface area contributed by atoms with E-state index in [1.54, 1.807) is 0 Å². The normalized spacial score (nSPS) is 15.4. The van der Waals surface area contributed by atoms with Crippen molar-refractivity contribution in [3.8, 4) is 0 Å². The summed E-state index contributed by atoms with van der Waals surface area (Å²) >= 11 is 6.18. The molecule has 1 atom stereocenters. The molecule has 0 radical (unpaired) electrons. The van der Waals surface area contributed by atoms with Crippen LogP contribution in [-0.4, -0.2) is 5.54 Å². The fourth-order valence-corrected chi connectivity index (χ4v) is 1.71. The van der Waals surface area contributed by atoms with Crippen LogP contribution >= 0.6 is 11.6 Å². The van der Waals surface area contributed by atoms with Crippen molar-refractivity contribution < 1.29 is 0 Å². The second kappa shape index (κ2) is 4.54. The number of aryl methyl sites for hydroxylation is 1. The zero-order chi connectivity index (χ0) is 11.6. The van der Waals surface area contributed by atoms with Gasteiger partial charge in [0.2, 0.25) is 0 Å². The van der Waals surface area contributed by atoms with Crippen molar-refractivity contribution in [2.45, 2.75) is 39.7 Å². The molecule has 0 heterocycles. The van der Waals surface area contributed by atoms with Gasteiger partial charge >= 0.3 is 0 Å². The van der Waals surface area contributed by atoms with Gasteiger partial charge in [0.15, 0.2) is 0 Å². The van der Waals surface area contributed by atoms with Crippen molar-refractivity contribution in [2.75, 3.05) is 0 Å². The molecule has 0 aromatic heterocycles. The van der Waals surface area contributed by atoms with E-state index < -0.39 is 0 Å². The Kier molecular flexibility index (Phi) is 3.80. The number of hydrogen-bond donors (Lipinski definition) is 1. The van der Waals surface area contributed by atoms with Crippen LogP contribution in [0.3, 0.4) is 0 Å².